The molecule has 0 aliphatic carbocycles. The van der Waals surface area contributed by atoms with Crippen LogP contribution in [0.25, 0.3) is 0 Å². The first-order valence-corrected chi connectivity index (χ1v) is 9.13. The summed E-state index contributed by atoms with van der Waals surface area (Å²) in [4.78, 5) is 15.8. The first-order chi connectivity index (χ1) is 11.7. The van der Waals surface area contributed by atoms with Crippen molar-refractivity contribution >= 4 is 17.2 Å². The predicted molar refractivity (Wildman–Crippen MR) is 95.2 cm³/mol. The molecule has 0 radical (unpaired) electrons. The van der Waals surface area contributed by atoms with Gasteiger partial charge in [-0.05, 0) is 44.3 Å². The van der Waals surface area contributed by atoms with Crippen molar-refractivity contribution in [2.24, 2.45) is 0 Å². The highest BCUT2D eigenvalue weighted by atomic mass is 32.1. The fraction of sp³-hybridized carbons (Fsp3) is 0.471. The Labute approximate surface area is 146 Å². The summed E-state index contributed by atoms with van der Waals surface area (Å²) in [6.07, 6.45) is 3.78. The van der Waals surface area contributed by atoms with Crippen molar-refractivity contribution in [3.8, 4) is 0 Å². The summed E-state index contributed by atoms with van der Waals surface area (Å²) in [5.41, 5.74) is 1.30. The largest absolute Gasteiger partial charge is 0.328 e. The lowest BCUT2D eigenvalue weighted by atomic mass is 10.1. The van der Waals surface area contributed by atoms with E-state index >= 15 is 0 Å². The van der Waals surface area contributed by atoms with Crippen LogP contribution >= 0.6 is 11.3 Å². The monoisotopic (exact) mass is 345 g/mol. The average molecular weight is 345 g/mol. The number of piperidine rings is 1. The molecule has 0 unspecified atom stereocenters. The molecule has 128 valence electrons. The van der Waals surface area contributed by atoms with E-state index in [1.807, 2.05) is 29.1 Å². The van der Waals surface area contributed by atoms with E-state index in [1.54, 1.807) is 22.3 Å². The van der Waals surface area contributed by atoms with E-state index in [0.29, 0.717) is 24.8 Å². The smallest absolute Gasteiger partial charge is 0.276 e. The first kappa shape index (κ1) is 16.9. The van der Waals surface area contributed by atoms with Crippen LogP contribution in [0.3, 0.4) is 0 Å². The van der Waals surface area contributed by atoms with Gasteiger partial charge in [-0.1, -0.05) is 17.4 Å². The summed E-state index contributed by atoms with van der Waals surface area (Å²) in [6, 6.07) is 4.35. The van der Waals surface area contributed by atoms with Crippen LogP contribution in [0.2, 0.25) is 0 Å². The number of carbonyl (C=O) groups is 1. The number of hydrogen-bond acceptors (Lipinski definition) is 5. The van der Waals surface area contributed by atoms with Crippen LogP contribution < -0.4 is 5.32 Å². The molecule has 1 aliphatic rings. The predicted octanol–water partition coefficient (Wildman–Crippen LogP) is 2.40. The summed E-state index contributed by atoms with van der Waals surface area (Å²) in [5, 5.41) is 13.8. The van der Waals surface area contributed by atoms with Gasteiger partial charge in [-0.15, -0.1) is 23.0 Å². The molecule has 3 heterocycles. The van der Waals surface area contributed by atoms with E-state index in [0.717, 1.165) is 36.5 Å². The van der Waals surface area contributed by atoms with E-state index in [4.69, 9.17) is 0 Å². The van der Waals surface area contributed by atoms with Gasteiger partial charge in [0.2, 0.25) is 0 Å². The molecule has 1 fully saturated rings. The minimum absolute atomic E-state index is 0.0824. The molecule has 1 saturated heterocycles. The molecule has 2 aromatic rings. The van der Waals surface area contributed by atoms with Crippen molar-refractivity contribution in [3.05, 3.63) is 46.4 Å². The van der Waals surface area contributed by atoms with Gasteiger partial charge in [0.25, 0.3) is 5.91 Å². The summed E-state index contributed by atoms with van der Waals surface area (Å²) in [5.74, 6) is -0.0824. The number of rotatable bonds is 6. The molecule has 24 heavy (non-hydrogen) atoms. The molecular formula is C17H23N5OS. The Morgan fingerprint density at radius 1 is 1.54 bits per heavy atom. The van der Waals surface area contributed by atoms with Crippen LogP contribution in [0.4, 0.5) is 0 Å². The topological polar surface area (TPSA) is 63.1 Å². The standard InChI is InChI=1S/C17H23N5OS/c1-3-10-21(12-15-5-4-11-24-15)17(23)16-13(2)22(20-19-16)14-6-8-18-9-7-14/h3-5,11,14,18H,1,6-10,12H2,2H3. The van der Waals surface area contributed by atoms with Crippen LogP contribution in [-0.4, -0.2) is 45.4 Å². The maximum atomic E-state index is 12.9. The van der Waals surface area contributed by atoms with Crippen molar-refractivity contribution < 1.29 is 4.79 Å². The van der Waals surface area contributed by atoms with Gasteiger partial charge in [-0.2, -0.15) is 0 Å². The van der Waals surface area contributed by atoms with Gasteiger partial charge in [-0.3, -0.25) is 4.79 Å². The molecule has 0 aromatic carbocycles. The van der Waals surface area contributed by atoms with Crippen molar-refractivity contribution in [1.29, 1.82) is 0 Å². The number of nitrogens with zero attached hydrogens (tertiary/aromatic N) is 4. The van der Waals surface area contributed by atoms with Gasteiger partial charge in [0, 0.05) is 11.4 Å². The van der Waals surface area contributed by atoms with Gasteiger partial charge in [0.15, 0.2) is 5.69 Å². The molecule has 7 heteroatoms. The van der Waals surface area contributed by atoms with Crippen LogP contribution in [0.5, 0.6) is 0 Å². The molecule has 3 rings (SSSR count). The Balaban J connectivity index is 1.79. The molecule has 1 N–H and O–H groups in total. The lowest BCUT2D eigenvalue weighted by molar-refractivity contribution is 0.0757. The summed E-state index contributed by atoms with van der Waals surface area (Å²) < 4.78 is 1.92. The van der Waals surface area contributed by atoms with Crippen molar-refractivity contribution in [3.63, 3.8) is 0 Å². The van der Waals surface area contributed by atoms with Crippen molar-refractivity contribution in [2.75, 3.05) is 19.6 Å². The average Bonchev–Trinajstić information content (AvgIpc) is 3.24. The van der Waals surface area contributed by atoms with Gasteiger partial charge in [-0.25, -0.2) is 4.68 Å². The highest BCUT2D eigenvalue weighted by Gasteiger charge is 2.25. The van der Waals surface area contributed by atoms with Crippen LogP contribution in [0, 0.1) is 6.92 Å². The van der Waals surface area contributed by atoms with E-state index in [9.17, 15) is 4.79 Å². The van der Waals surface area contributed by atoms with Crippen LogP contribution in [0.1, 0.15) is 39.9 Å². The summed E-state index contributed by atoms with van der Waals surface area (Å²) in [7, 11) is 0. The normalized spacial score (nSPS) is 15.4. The van der Waals surface area contributed by atoms with Gasteiger partial charge < -0.3 is 10.2 Å². The van der Waals surface area contributed by atoms with E-state index in [-0.39, 0.29) is 5.91 Å². The van der Waals surface area contributed by atoms with Crippen molar-refractivity contribution in [1.82, 2.24) is 25.2 Å². The fourth-order valence-corrected chi connectivity index (χ4v) is 3.77. The zero-order valence-corrected chi connectivity index (χ0v) is 14.8. The second-order valence-electron chi connectivity index (χ2n) is 6.00. The lowest BCUT2D eigenvalue weighted by Crippen LogP contribution is -2.32. The molecule has 0 spiro atoms. The second kappa shape index (κ2) is 7.72. The number of hydrogen-bond donors (Lipinski definition) is 1. The summed E-state index contributed by atoms with van der Waals surface area (Å²) >= 11 is 1.65. The van der Waals surface area contributed by atoms with Crippen LogP contribution in [-0.2, 0) is 6.54 Å². The number of carbonyl (C=O) groups excluding carboxylic acids is 1. The maximum Gasteiger partial charge on any atom is 0.276 e. The number of thiophene rings is 1. The Bertz CT molecular complexity index is 688. The third-order valence-electron chi connectivity index (χ3n) is 4.35. The van der Waals surface area contributed by atoms with E-state index in [2.05, 4.69) is 22.2 Å². The van der Waals surface area contributed by atoms with E-state index < -0.39 is 0 Å². The Morgan fingerprint density at radius 3 is 3.00 bits per heavy atom. The Hall–Kier alpha value is -1.99. The second-order valence-corrected chi connectivity index (χ2v) is 7.04. The highest BCUT2D eigenvalue weighted by molar-refractivity contribution is 7.09. The molecule has 0 atom stereocenters. The van der Waals surface area contributed by atoms with Gasteiger partial charge in [0.1, 0.15) is 0 Å². The van der Waals surface area contributed by atoms with Crippen LogP contribution in [0.15, 0.2) is 30.2 Å². The Morgan fingerprint density at radius 2 is 2.33 bits per heavy atom. The quantitative estimate of drug-likeness (QED) is 0.817. The van der Waals surface area contributed by atoms with E-state index in [1.165, 1.54) is 0 Å². The minimum Gasteiger partial charge on any atom is -0.328 e. The molecule has 1 amide bonds. The van der Waals surface area contributed by atoms with Crippen molar-refractivity contribution in [2.45, 2.75) is 32.4 Å². The zero-order chi connectivity index (χ0) is 16.9. The zero-order valence-electron chi connectivity index (χ0n) is 13.9. The number of nitrogens with one attached hydrogen (secondary N) is 1. The third-order valence-corrected chi connectivity index (χ3v) is 5.21. The molecule has 0 saturated carbocycles. The SMILES string of the molecule is C=CCN(Cc1cccs1)C(=O)c1nnn(C2CCNCC2)c1C. The highest BCUT2D eigenvalue weighted by Crippen LogP contribution is 2.21. The first-order valence-electron chi connectivity index (χ1n) is 8.25. The Kier molecular flexibility index (Phi) is 5.42. The minimum atomic E-state index is -0.0824. The number of aromatic nitrogens is 3. The van der Waals surface area contributed by atoms with Gasteiger partial charge >= 0.3 is 0 Å². The maximum absolute atomic E-state index is 12.9. The fourth-order valence-electron chi connectivity index (χ4n) is 3.05. The lowest BCUT2D eigenvalue weighted by Gasteiger charge is -2.24. The molecule has 0 bridgehead atoms. The molecule has 1 aliphatic heterocycles. The number of amides is 1. The molecule has 6 nitrogen and oxygen atoms in total. The third kappa shape index (κ3) is 3.57. The summed E-state index contributed by atoms with van der Waals surface area (Å²) in [6.45, 7) is 8.73. The molecule has 2 aromatic heterocycles. The van der Waals surface area contributed by atoms with Gasteiger partial charge in [0.05, 0.1) is 18.3 Å². The molecular weight excluding hydrogens is 322 g/mol.